The highest BCUT2D eigenvalue weighted by Crippen LogP contribution is 2.46. The van der Waals surface area contributed by atoms with E-state index >= 15 is 0 Å². The van der Waals surface area contributed by atoms with Crippen LogP contribution in [0.15, 0.2) is 72.8 Å². The van der Waals surface area contributed by atoms with Crippen molar-refractivity contribution in [3.63, 3.8) is 0 Å². The lowest BCUT2D eigenvalue weighted by Gasteiger charge is -2.34. The molecule has 0 spiro atoms. The molecule has 1 aromatic heterocycles. The lowest BCUT2D eigenvalue weighted by atomic mass is 9.71. The van der Waals surface area contributed by atoms with Gasteiger partial charge in [0, 0.05) is 21.4 Å². The van der Waals surface area contributed by atoms with E-state index in [4.69, 9.17) is 11.6 Å². The molecule has 0 atom stereocenters. The third-order valence-electron chi connectivity index (χ3n) is 8.72. The smallest absolute Gasteiger partial charge is 0.147 e. The van der Waals surface area contributed by atoms with Crippen LogP contribution < -0.4 is 0 Å². The second-order valence-electron chi connectivity index (χ2n) is 16.3. The van der Waals surface area contributed by atoms with Crippen molar-refractivity contribution in [2.24, 2.45) is 5.41 Å². The van der Waals surface area contributed by atoms with E-state index in [9.17, 15) is 5.11 Å². The van der Waals surface area contributed by atoms with Crippen molar-refractivity contribution in [2.75, 3.05) is 0 Å². The number of rotatable bonds is 4. The fourth-order valence-electron chi connectivity index (χ4n) is 6.70. The Bertz CT molecular complexity index is 1760. The molecule has 2 nitrogen and oxygen atoms in total. The van der Waals surface area contributed by atoms with Gasteiger partial charge < -0.3 is 9.67 Å². The van der Waals surface area contributed by atoms with Gasteiger partial charge in [-0.05, 0) is 98.9 Å². The zero-order chi connectivity index (χ0) is 31.7. The van der Waals surface area contributed by atoms with E-state index in [1.54, 1.807) is 0 Å². The number of fused-ring (bicyclic) bond motifs is 3. The van der Waals surface area contributed by atoms with Crippen molar-refractivity contribution in [1.82, 2.24) is 4.57 Å². The summed E-state index contributed by atoms with van der Waals surface area (Å²) in [4.78, 5) is 0. The van der Waals surface area contributed by atoms with Crippen LogP contribution in [0.2, 0.25) is 5.02 Å². The summed E-state index contributed by atoms with van der Waals surface area (Å²) in [6, 6.07) is 25.8. The average molecular weight is 594 g/mol. The average Bonchev–Trinajstić information content (AvgIpc) is 3.19. The normalized spacial score (nSPS) is 13.3. The van der Waals surface area contributed by atoms with E-state index in [1.165, 1.54) is 27.5 Å². The Kier molecular flexibility index (Phi) is 7.58. The Morgan fingerprint density at radius 1 is 0.628 bits per heavy atom. The molecular formula is C40H48ClNO. The summed E-state index contributed by atoms with van der Waals surface area (Å²) < 4.78 is 2.27. The maximum absolute atomic E-state index is 12.2. The number of aromatic hydroxyl groups is 1. The van der Waals surface area contributed by atoms with Crippen LogP contribution in [0.4, 0.5) is 0 Å². The quantitative estimate of drug-likeness (QED) is 0.220. The summed E-state index contributed by atoms with van der Waals surface area (Å²) in [5.74, 6) is 0.260. The molecule has 0 saturated carbocycles. The lowest BCUT2D eigenvalue weighted by molar-refractivity contribution is 0.284. The maximum atomic E-state index is 12.2. The molecule has 1 heterocycles. The van der Waals surface area contributed by atoms with Gasteiger partial charge in [-0.1, -0.05) is 112 Å². The van der Waals surface area contributed by atoms with Crippen molar-refractivity contribution in [1.29, 1.82) is 0 Å². The van der Waals surface area contributed by atoms with Gasteiger partial charge in [-0.15, -0.1) is 0 Å². The number of halogens is 1. The van der Waals surface area contributed by atoms with Gasteiger partial charge in [-0.2, -0.15) is 0 Å². The minimum absolute atomic E-state index is 0.0169. The highest BCUT2D eigenvalue weighted by Gasteiger charge is 2.30. The fraction of sp³-hybridized carbons (Fsp3) is 0.400. The molecule has 3 heteroatoms. The van der Waals surface area contributed by atoms with Crippen LogP contribution in [0.5, 0.6) is 5.75 Å². The summed E-state index contributed by atoms with van der Waals surface area (Å²) in [5, 5.41) is 15.2. The van der Waals surface area contributed by atoms with Crippen LogP contribution in [0.3, 0.4) is 0 Å². The van der Waals surface area contributed by atoms with Gasteiger partial charge in [0.2, 0.25) is 0 Å². The van der Waals surface area contributed by atoms with Crippen molar-refractivity contribution in [3.8, 4) is 22.6 Å². The molecule has 0 aliphatic carbocycles. The molecule has 0 aliphatic heterocycles. The van der Waals surface area contributed by atoms with E-state index < -0.39 is 0 Å². The maximum Gasteiger partial charge on any atom is 0.147 e. The first-order chi connectivity index (χ1) is 19.8. The zero-order valence-electron chi connectivity index (χ0n) is 27.9. The Morgan fingerprint density at radius 3 is 1.63 bits per heavy atom. The fourth-order valence-corrected chi connectivity index (χ4v) is 6.89. The van der Waals surface area contributed by atoms with Crippen molar-refractivity contribution in [2.45, 2.75) is 98.8 Å². The molecule has 0 saturated heterocycles. The number of hydrogen-bond donors (Lipinski definition) is 1. The van der Waals surface area contributed by atoms with Gasteiger partial charge in [0.1, 0.15) is 5.75 Å². The van der Waals surface area contributed by atoms with Crippen molar-refractivity contribution >= 4 is 33.4 Å². The van der Waals surface area contributed by atoms with Crippen LogP contribution in [-0.2, 0) is 16.2 Å². The van der Waals surface area contributed by atoms with Gasteiger partial charge in [-0.25, -0.2) is 0 Å². The molecule has 0 unspecified atom stereocenters. The van der Waals surface area contributed by atoms with Crippen LogP contribution in [-0.4, -0.2) is 9.67 Å². The van der Waals surface area contributed by atoms with Crippen molar-refractivity contribution < 1.29 is 5.11 Å². The van der Waals surface area contributed by atoms with E-state index in [0.29, 0.717) is 5.02 Å². The van der Waals surface area contributed by atoms with E-state index in [2.05, 4.69) is 129 Å². The van der Waals surface area contributed by atoms with Crippen LogP contribution in [0.25, 0.3) is 38.6 Å². The molecule has 0 radical (unpaired) electrons. The van der Waals surface area contributed by atoms with Gasteiger partial charge in [-0.3, -0.25) is 0 Å². The number of benzene rings is 4. The SMILES string of the molecule is CC(C)(C)CC(C)(C)c1cc(-c2cccc(Cl)c2)c(O)c(-n2c3ccc(C(C)(C)C)cc3c3cc(C(C)(C)C)ccc32)c1. The number of phenols is 1. The third-order valence-corrected chi connectivity index (χ3v) is 8.95. The van der Waals surface area contributed by atoms with Crippen LogP contribution in [0.1, 0.15) is 99.3 Å². The molecule has 0 bridgehead atoms. The van der Waals surface area contributed by atoms with Gasteiger partial charge in [0.15, 0.2) is 0 Å². The molecule has 0 amide bonds. The minimum atomic E-state index is -0.133. The summed E-state index contributed by atoms with van der Waals surface area (Å²) >= 11 is 6.48. The Balaban J connectivity index is 1.91. The molecule has 0 fully saturated rings. The predicted octanol–water partition coefficient (Wildman–Crippen LogP) is 12.1. The second kappa shape index (κ2) is 10.4. The lowest BCUT2D eigenvalue weighted by Crippen LogP contribution is -2.25. The number of aromatic nitrogens is 1. The highest BCUT2D eigenvalue weighted by atomic mass is 35.5. The van der Waals surface area contributed by atoms with Gasteiger partial charge >= 0.3 is 0 Å². The number of hydrogen-bond acceptors (Lipinski definition) is 1. The van der Waals surface area contributed by atoms with Gasteiger partial charge in [0.05, 0.1) is 16.7 Å². The topological polar surface area (TPSA) is 25.2 Å². The highest BCUT2D eigenvalue weighted by molar-refractivity contribution is 6.30. The first-order valence-corrected chi connectivity index (χ1v) is 15.9. The molecule has 5 rings (SSSR count). The molecule has 0 aliphatic rings. The minimum Gasteiger partial charge on any atom is -0.505 e. The number of phenolic OH excluding ortho intramolecular Hbond substituents is 1. The molecule has 226 valence electrons. The number of nitrogens with zero attached hydrogens (tertiary/aromatic N) is 1. The molecule has 4 aromatic carbocycles. The third kappa shape index (κ3) is 6.09. The second-order valence-corrected chi connectivity index (χ2v) is 16.8. The Labute approximate surface area is 263 Å². The van der Waals surface area contributed by atoms with Crippen LogP contribution >= 0.6 is 11.6 Å². The summed E-state index contributed by atoms with van der Waals surface area (Å²) in [6.45, 7) is 25.1. The Hall–Kier alpha value is -3.23. The van der Waals surface area contributed by atoms with Gasteiger partial charge in [0.25, 0.3) is 0 Å². The van der Waals surface area contributed by atoms with E-state index in [1.807, 2.05) is 24.3 Å². The standard InChI is InChI=1S/C40H48ClNO/c1-37(2,3)24-40(10,11)28-22-30(25-13-12-14-29(41)19-25)36(43)35(23-28)42-33-17-15-26(38(4,5)6)20-31(33)32-21-27(39(7,8)9)16-18-34(32)42/h12-23,43H,24H2,1-11H3. The van der Waals surface area contributed by atoms with E-state index in [-0.39, 0.29) is 27.4 Å². The summed E-state index contributed by atoms with van der Waals surface area (Å²) in [7, 11) is 0. The summed E-state index contributed by atoms with van der Waals surface area (Å²) in [5.41, 5.74) is 8.50. The molecule has 43 heavy (non-hydrogen) atoms. The first kappa shape index (κ1) is 31.2. The summed E-state index contributed by atoms with van der Waals surface area (Å²) in [6.07, 6.45) is 0.996. The van der Waals surface area contributed by atoms with Crippen molar-refractivity contribution in [3.05, 3.63) is 94.5 Å². The largest absolute Gasteiger partial charge is 0.505 e. The first-order valence-electron chi connectivity index (χ1n) is 15.5. The van der Waals surface area contributed by atoms with Crippen LogP contribution in [0, 0.1) is 5.41 Å². The molecule has 5 aromatic rings. The predicted molar refractivity (Wildman–Crippen MR) is 187 cm³/mol. The van der Waals surface area contributed by atoms with E-state index in [0.717, 1.165) is 34.3 Å². The monoisotopic (exact) mass is 593 g/mol. The molecule has 1 N–H and O–H groups in total. The zero-order valence-corrected chi connectivity index (χ0v) is 28.7. The molecular weight excluding hydrogens is 546 g/mol. The Morgan fingerprint density at radius 2 is 1.16 bits per heavy atom.